The van der Waals surface area contributed by atoms with E-state index in [9.17, 15) is 4.79 Å². The van der Waals surface area contributed by atoms with E-state index in [1.54, 1.807) is 0 Å². The van der Waals surface area contributed by atoms with Gasteiger partial charge in [0.25, 0.3) is 0 Å². The van der Waals surface area contributed by atoms with Gasteiger partial charge in [-0.3, -0.25) is 0 Å². The first-order valence-corrected chi connectivity index (χ1v) is 2.07. The molecule has 0 saturated heterocycles. The number of carboxylic acids is 1. The maximum absolute atomic E-state index is 9.97. The van der Waals surface area contributed by atoms with Crippen LogP contribution in [-0.2, 0) is 0 Å². The van der Waals surface area contributed by atoms with Crippen LogP contribution >= 0.6 is 0 Å². The second-order valence-electron chi connectivity index (χ2n) is 1.28. The third kappa shape index (κ3) is 0.778. The van der Waals surface area contributed by atoms with Crippen molar-refractivity contribution in [3.8, 4) is 0 Å². The van der Waals surface area contributed by atoms with Crippen LogP contribution in [0.2, 0.25) is 0 Å². The van der Waals surface area contributed by atoms with Crippen molar-refractivity contribution in [1.29, 1.82) is 0 Å². The molecule has 0 aliphatic rings. The maximum atomic E-state index is 9.97. The van der Waals surface area contributed by atoms with E-state index in [0.29, 0.717) is 0 Å². The fourth-order valence-corrected chi connectivity index (χ4v) is 0.400. The van der Waals surface area contributed by atoms with Crippen molar-refractivity contribution in [3.63, 3.8) is 0 Å². The molecule has 3 nitrogen and oxygen atoms in total. The molecule has 0 aliphatic heterocycles. The Kier molecular flexibility index (Phi) is 1.16. The Bertz CT molecular complexity index is 179. The van der Waals surface area contributed by atoms with Crippen LogP contribution in [0.1, 0.15) is 10.6 Å². The van der Waals surface area contributed by atoms with Crippen LogP contribution in [0.15, 0.2) is 16.4 Å². The van der Waals surface area contributed by atoms with Crippen molar-refractivity contribution in [2.75, 3.05) is 0 Å². The van der Waals surface area contributed by atoms with Gasteiger partial charge in [0.1, 0.15) is 0 Å². The van der Waals surface area contributed by atoms with Crippen LogP contribution in [0, 0.1) is 0 Å². The summed E-state index contributed by atoms with van der Waals surface area (Å²) in [4.78, 5) is 9.97. The molecule has 40 valence electrons. The van der Waals surface area contributed by atoms with E-state index < -0.39 is 5.97 Å². The topological polar surface area (TPSA) is 50.4 Å². The van der Waals surface area contributed by atoms with Crippen LogP contribution in [0.4, 0.5) is 0 Å². The molecule has 8 heavy (non-hydrogen) atoms. The fraction of sp³-hybridized carbons (Fsp3) is 0. The second-order valence-corrected chi connectivity index (χ2v) is 1.28. The molecular formula is C4H3BO3. The molecule has 1 N–H and O–H groups in total. The quantitative estimate of drug-likeness (QED) is 0.566. The van der Waals surface area contributed by atoms with E-state index in [4.69, 9.17) is 5.11 Å². The SMILES string of the molecule is O=C(O)c1ccbo1. The van der Waals surface area contributed by atoms with Crippen LogP contribution in [-0.4, -0.2) is 18.2 Å². The first-order valence-electron chi connectivity index (χ1n) is 2.07. The third-order valence-corrected chi connectivity index (χ3v) is 0.732. The van der Waals surface area contributed by atoms with Crippen molar-refractivity contribution in [3.05, 3.63) is 17.8 Å². The molecule has 0 fully saturated rings. The third-order valence-electron chi connectivity index (χ3n) is 0.732. The average molecular weight is 110 g/mol. The number of carboxylic acid groups (broad SMARTS) is 1. The van der Waals surface area contributed by atoms with Gasteiger partial charge in [0.2, 0.25) is 0 Å². The summed E-state index contributed by atoms with van der Waals surface area (Å²) in [6.45, 7) is 0. The van der Waals surface area contributed by atoms with Gasteiger partial charge in [0.15, 0.2) is 0 Å². The van der Waals surface area contributed by atoms with E-state index in [-0.39, 0.29) is 5.76 Å². The van der Waals surface area contributed by atoms with Gasteiger partial charge in [0.05, 0.1) is 0 Å². The van der Waals surface area contributed by atoms with Crippen molar-refractivity contribution in [1.82, 2.24) is 0 Å². The molecule has 0 amide bonds. The number of hydrogen-bond donors (Lipinski definition) is 1. The second kappa shape index (κ2) is 1.82. The van der Waals surface area contributed by atoms with Gasteiger partial charge in [0, 0.05) is 0 Å². The molecule has 0 unspecified atom stereocenters. The van der Waals surface area contributed by atoms with E-state index in [1.165, 1.54) is 19.2 Å². The predicted molar refractivity (Wildman–Crippen MR) is 27.0 cm³/mol. The van der Waals surface area contributed by atoms with E-state index >= 15 is 0 Å². The molecule has 1 rings (SSSR count). The van der Waals surface area contributed by atoms with Crippen molar-refractivity contribution < 1.29 is 14.2 Å². The Balaban J connectivity index is 2.93. The summed E-state index contributed by atoms with van der Waals surface area (Å²) in [5.41, 5.74) is 0. The standard InChI is InChI=1S/C4H3BO3/c6-4(7)3-1-2-5-8-3/h1-2H,(H,6,7). The first-order chi connectivity index (χ1) is 3.80. The first kappa shape index (κ1) is 5.09. The van der Waals surface area contributed by atoms with Crippen LogP contribution in [0.25, 0.3) is 0 Å². The Labute approximate surface area is 46.2 Å². The minimum absolute atomic E-state index is 0.0231. The normalized spacial score (nSPS) is 8.50. The summed E-state index contributed by atoms with van der Waals surface area (Å²) in [6.07, 6.45) is 0. The molecule has 1 heterocycles. The summed E-state index contributed by atoms with van der Waals surface area (Å²) in [6, 6.07) is 1.39. The molecular weight excluding hydrogens is 107 g/mol. The van der Waals surface area contributed by atoms with Gasteiger partial charge in [-0.2, -0.15) is 0 Å². The number of hydrogen-bond acceptors (Lipinski definition) is 2. The average Bonchev–Trinajstić information content (AvgIpc) is 2.12. The van der Waals surface area contributed by atoms with Gasteiger partial charge in [-0.1, -0.05) is 0 Å². The van der Waals surface area contributed by atoms with E-state index in [2.05, 4.69) is 4.33 Å². The van der Waals surface area contributed by atoms with Crippen LogP contribution in [0.5, 0.6) is 0 Å². The molecule has 0 spiro atoms. The van der Waals surface area contributed by atoms with Gasteiger partial charge >= 0.3 is 45.1 Å². The molecule has 0 radical (unpaired) electrons. The van der Waals surface area contributed by atoms with Gasteiger partial charge in [-0.25, -0.2) is 0 Å². The van der Waals surface area contributed by atoms with Crippen molar-refractivity contribution in [2.24, 2.45) is 0 Å². The molecule has 0 atom stereocenters. The Morgan fingerprint density at radius 1 is 1.88 bits per heavy atom. The Morgan fingerprint density at radius 3 is 2.88 bits per heavy atom. The number of carbonyl (C=O) groups is 1. The summed E-state index contributed by atoms with van der Waals surface area (Å²) < 4.78 is 4.50. The molecule has 0 saturated carbocycles. The van der Waals surface area contributed by atoms with Crippen LogP contribution < -0.4 is 0 Å². The zero-order valence-electron chi connectivity index (χ0n) is 4.00. The summed E-state index contributed by atoms with van der Waals surface area (Å²) in [5, 5.41) is 8.18. The van der Waals surface area contributed by atoms with E-state index in [1.807, 2.05) is 0 Å². The summed E-state index contributed by atoms with van der Waals surface area (Å²) in [7, 11) is 1.32. The molecule has 0 aliphatic carbocycles. The minimum atomic E-state index is -1.03. The Morgan fingerprint density at radius 2 is 2.62 bits per heavy atom. The summed E-state index contributed by atoms with van der Waals surface area (Å²) in [5.74, 6) is 0.476. The Hall–Kier alpha value is -1.06. The zero-order chi connectivity index (χ0) is 5.98. The molecule has 1 aromatic heterocycles. The van der Waals surface area contributed by atoms with Gasteiger partial charge < -0.3 is 0 Å². The van der Waals surface area contributed by atoms with Gasteiger partial charge in [-0.05, 0) is 0 Å². The van der Waals surface area contributed by atoms with Gasteiger partial charge in [-0.15, -0.1) is 0 Å². The van der Waals surface area contributed by atoms with E-state index in [0.717, 1.165) is 0 Å². The van der Waals surface area contributed by atoms with Crippen molar-refractivity contribution >= 4 is 13.1 Å². The molecule has 1 aromatic rings. The molecule has 0 bridgehead atoms. The molecule has 4 heteroatoms. The number of rotatable bonds is 1. The molecule has 0 aromatic carbocycles. The predicted octanol–water partition coefficient (Wildman–Crippen LogP) is 0.316. The van der Waals surface area contributed by atoms with Crippen molar-refractivity contribution in [2.45, 2.75) is 0 Å². The fourth-order valence-electron chi connectivity index (χ4n) is 0.400. The summed E-state index contributed by atoms with van der Waals surface area (Å²) >= 11 is 0. The zero-order valence-corrected chi connectivity index (χ0v) is 4.00. The van der Waals surface area contributed by atoms with Crippen LogP contribution in [0.3, 0.4) is 0 Å². The number of aromatic carboxylic acids is 1. The monoisotopic (exact) mass is 110 g/mol.